The molecule has 0 aromatic carbocycles. The first-order valence-electron chi connectivity index (χ1n) is 9.58. The van der Waals surface area contributed by atoms with Gasteiger partial charge in [0.1, 0.15) is 6.10 Å². The molecule has 4 rings (SSSR count). The van der Waals surface area contributed by atoms with E-state index in [0.29, 0.717) is 18.0 Å². The first kappa shape index (κ1) is 16.6. The Morgan fingerprint density at radius 2 is 2.08 bits per heavy atom. The zero-order valence-electron chi connectivity index (χ0n) is 15.7. The smallest absolute Gasteiger partial charge is 0.180 e. The number of fused-ring (bicyclic) bond motifs is 3. The van der Waals surface area contributed by atoms with Gasteiger partial charge >= 0.3 is 0 Å². The van der Waals surface area contributed by atoms with Crippen LogP contribution >= 0.6 is 0 Å². The van der Waals surface area contributed by atoms with Gasteiger partial charge in [-0.25, -0.2) is 9.50 Å². The second-order valence-corrected chi connectivity index (χ2v) is 7.76. The van der Waals surface area contributed by atoms with E-state index in [9.17, 15) is 0 Å². The van der Waals surface area contributed by atoms with E-state index in [0.717, 1.165) is 30.2 Å². The maximum absolute atomic E-state index is 6.36. The monoisotopic (exact) mass is 343 g/mol. The number of aromatic nitrogens is 3. The molecule has 1 aliphatic heterocycles. The molecule has 0 saturated heterocycles. The molecule has 0 radical (unpaired) electrons. The van der Waals surface area contributed by atoms with E-state index in [-0.39, 0.29) is 6.10 Å². The molecule has 3 atom stereocenters. The highest BCUT2D eigenvalue weighted by molar-refractivity contribution is 5.62. The van der Waals surface area contributed by atoms with Gasteiger partial charge < -0.3 is 15.0 Å². The van der Waals surface area contributed by atoms with Crippen LogP contribution in [0.15, 0.2) is 12.4 Å². The van der Waals surface area contributed by atoms with Crippen LogP contribution in [0.2, 0.25) is 0 Å². The van der Waals surface area contributed by atoms with Crippen LogP contribution in [-0.2, 0) is 0 Å². The fourth-order valence-corrected chi connectivity index (χ4v) is 4.42. The van der Waals surface area contributed by atoms with Crippen molar-refractivity contribution in [1.82, 2.24) is 19.9 Å². The molecule has 2 aliphatic rings. The van der Waals surface area contributed by atoms with Crippen molar-refractivity contribution < 1.29 is 4.74 Å². The predicted molar refractivity (Wildman–Crippen MR) is 99.6 cm³/mol. The summed E-state index contributed by atoms with van der Waals surface area (Å²) >= 11 is 0. The van der Waals surface area contributed by atoms with Crippen LogP contribution in [-0.4, -0.2) is 46.4 Å². The molecule has 1 aliphatic carbocycles. The number of anilines is 1. The summed E-state index contributed by atoms with van der Waals surface area (Å²) in [5.41, 5.74) is 2.14. The quantitative estimate of drug-likeness (QED) is 0.925. The molecule has 2 aromatic rings. The SMILES string of the molecule is CNCC(C)c1cnn2cc3c(nc12)N(C(C)C)[C@@H]1CCCC[C@@H]1O3. The Hall–Kier alpha value is -1.82. The molecule has 1 N–H and O–H groups in total. The van der Waals surface area contributed by atoms with E-state index in [1.54, 1.807) is 0 Å². The molecule has 1 saturated carbocycles. The Balaban J connectivity index is 1.81. The minimum absolute atomic E-state index is 0.279. The average Bonchev–Trinajstić information content (AvgIpc) is 3.00. The first-order valence-corrected chi connectivity index (χ1v) is 9.58. The van der Waals surface area contributed by atoms with Gasteiger partial charge in [0.2, 0.25) is 0 Å². The second kappa shape index (κ2) is 6.48. The summed E-state index contributed by atoms with van der Waals surface area (Å²) in [7, 11) is 1.98. The molecule has 1 unspecified atom stereocenters. The standard InChI is InChI=1S/C19H29N5O/c1-12(2)24-15-7-5-6-8-16(15)25-17-11-23-18(22-19(17)24)14(10-21-23)13(3)9-20-4/h10-13,15-16,20H,5-9H2,1-4H3/t13?,15-,16+/m1/s1. The Labute approximate surface area is 149 Å². The Bertz CT molecular complexity index is 756. The molecule has 0 bridgehead atoms. The van der Waals surface area contributed by atoms with Gasteiger partial charge in [-0.2, -0.15) is 5.10 Å². The molecule has 2 aromatic heterocycles. The second-order valence-electron chi connectivity index (χ2n) is 7.76. The van der Waals surface area contributed by atoms with Crippen LogP contribution in [0.3, 0.4) is 0 Å². The molecule has 25 heavy (non-hydrogen) atoms. The number of hydrogen-bond acceptors (Lipinski definition) is 5. The van der Waals surface area contributed by atoms with Gasteiger partial charge in [-0.15, -0.1) is 0 Å². The zero-order valence-corrected chi connectivity index (χ0v) is 15.7. The van der Waals surface area contributed by atoms with Crippen molar-refractivity contribution in [3.8, 4) is 5.75 Å². The van der Waals surface area contributed by atoms with Crippen molar-refractivity contribution >= 4 is 11.5 Å². The van der Waals surface area contributed by atoms with Gasteiger partial charge in [0, 0.05) is 18.2 Å². The highest BCUT2D eigenvalue weighted by atomic mass is 16.5. The largest absolute Gasteiger partial charge is 0.483 e. The minimum Gasteiger partial charge on any atom is -0.483 e. The van der Waals surface area contributed by atoms with Crippen LogP contribution in [0.5, 0.6) is 5.75 Å². The molecule has 1 fully saturated rings. The Morgan fingerprint density at radius 3 is 2.84 bits per heavy atom. The van der Waals surface area contributed by atoms with Crippen LogP contribution in [0.4, 0.5) is 5.82 Å². The molecule has 136 valence electrons. The lowest BCUT2D eigenvalue weighted by Crippen LogP contribution is -2.54. The molecule has 0 amide bonds. The zero-order chi connectivity index (χ0) is 17.6. The number of nitrogens with one attached hydrogen (secondary N) is 1. The third-order valence-electron chi connectivity index (χ3n) is 5.61. The number of likely N-dealkylation sites (N-methyl/N-ethyl adjacent to an activating group) is 1. The third-order valence-corrected chi connectivity index (χ3v) is 5.61. The fraction of sp³-hybridized carbons (Fsp3) is 0.684. The summed E-state index contributed by atoms with van der Waals surface area (Å²) in [4.78, 5) is 7.53. The van der Waals surface area contributed by atoms with Crippen molar-refractivity contribution in [1.29, 1.82) is 0 Å². The molecular formula is C19H29N5O. The van der Waals surface area contributed by atoms with Crippen molar-refractivity contribution in [3.63, 3.8) is 0 Å². The van der Waals surface area contributed by atoms with E-state index in [1.165, 1.54) is 24.8 Å². The van der Waals surface area contributed by atoms with E-state index >= 15 is 0 Å². The topological polar surface area (TPSA) is 54.7 Å². The summed E-state index contributed by atoms with van der Waals surface area (Å²) in [6, 6.07) is 0.849. The summed E-state index contributed by atoms with van der Waals surface area (Å²) < 4.78 is 8.24. The molecular weight excluding hydrogens is 314 g/mol. The minimum atomic E-state index is 0.279. The lowest BCUT2D eigenvalue weighted by atomic mass is 9.89. The first-order chi connectivity index (χ1) is 12.1. The van der Waals surface area contributed by atoms with Crippen molar-refractivity contribution in [2.45, 2.75) is 70.6 Å². The van der Waals surface area contributed by atoms with Gasteiger partial charge in [0.25, 0.3) is 0 Å². The predicted octanol–water partition coefficient (Wildman–Crippen LogP) is 2.97. The maximum atomic E-state index is 6.36. The van der Waals surface area contributed by atoms with Gasteiger partial charge in [-0.3, -0.25) is 0 Å². The van der Waals surface area contributed by atoms with Gasteiger partial charge in [0.05, 0.1) is 18.4 Å². The lowest BCUT2D eigenvalue weighted by Gasteiger charge is -2.46. The number of hydrogen-bond donors (Lipinski definition) is 1. The summed E-state index contributed by atoms with van der Waals surface area (Å²) in [6.07, 6.45) is 9.11. The maximum Gasteiger partial charge on any atom is 0.180 e. The number of nitrogens with zero attached hydrogens (tertiary/aromatic N) is 4. The summed E-state index contributed by atoms with van der Waals surface area (Å²) in [6.45, 7) is 7.64. The molecule has 3 heterocycles. The highest BCUT2D eigenvalue weighted by Crippen LogP contribution is 2.41. The van der Waals surface area contributed by atoms with Crippen LogP contribution in [0.25, 0.3) is 5.65 Å². The highest BCUT2D eigenvalue weighted by Gasteiger charge is 2.40. The van der Waals surface area contributed by atoms with Crippen molar-refractivity contribution in [2.75, 3.05) is 18.5 Å². The average molecular weight is 343 g/mol. The van der Waals surface area contributed by atoms with E-state index in [4.69, 9.17) is 9.72 Å². The van der Waals surface area contributed by atoms with Crippen LogP contribution in [0, 0.1) is 0 Å². The van der Waals surface area contributed by atoms with Gasteiger partial charge in [0.15, 0.2) is 17.2 Å². The normalized spacial score (nSPS) is 24.1. The molecule has 0 spiro atoms. The van der Waals surface area contributed by atoms with Crippen LogP contribution < -0.4 is 15.0 Å². The number of rotatable bonds is 4. The lowest BCUT2D eigenvalue weighted by molar-refractivity contribution is 0.108. The van der Waals surface area contributed by atoms with Crippen LogP contribution in [0.1, 0.15) is 57.9 Å². The van der Waals surface area contributed by atoms with E-state index in [2.05, 4.69) is 36.1 Å². The number of ether oxygens (including phenoxy) is 1. The Morgan fingerprint density at radius 1 is 1.28 bits per heavy atom. The molecule has 6 nitrogen and oxygen atoms in total. The van der Waals surface area contributed by atoms with Crippen molar-refractivity contribution in [3.05, 3.63) is 18.0 Å². The van der Waals surface area contributed by atoms with E-state index < -0.39 is 0 Å². The summed E-state index contributed by atoms with van der Waals surface area (Å²) in [5, 5.41) is 7.78. The van der Waals surface area contributed by atoms with E-state index in [1.807, 2.05) is 24.0 Å². The Kier molecular flexibility index (Phi) is 4.31. The van der Waals surface area contributed by atoms with Crippen molar-refractivity contribution in [2.24, 2.45) is 0 Å². The van der Waals surface area contributed by atoms with Gasteiger partial charge in [-0.1, -0.05) is 13.3 Å². The molecule has 6 heteroatoms. The third kappa shape index (κ3) is 2.76. The fourth-order valence-electron chi connectivity index (χ4n) is 4.42. The van der Waals surface area contributed by atoms with Gasteiger partial charge in [-0.05, 0) is 46.1 Å². The summed E-state index contributed by atoms with van der Waals surface area (Å²) in [5.74, 6) is 2.23.